The highest BCUT2D eigenvalue weighted by molar-refractivity contribution is 7.89. The lowest BCUT2D eigenvalue weighted by Crippen LogP contribution is -2.28. The Morgan fingerprint density at radius 3 is 2.63 bits per heavy atom. The maximum atomic E-state index is 12.6. The highest BCUT2D eigenvalue weighted by Crippen LogP contribution is 2.26. The summed E-state index contributed by atoms with van der Waals surface area (Å²) in [5, 5.41) is 0. The summed E-state index contributed by atoms with van der Waals surface area (Å²) in [5.74, 6) is 0.497. The van der Waals surface area contributed by atoms with Crippen LogP contribution in [0.2, 0.25) is 0 Å². The Labute approximate surface area is 115 Å². The van der Waals surface area contributed by atoms with E-state index >= 15 is 0 Å². The molecule has 0 amide bonds. The normalized spacial score (nSPS) is 21.1. The third-order valence-electron chi connectivity index (χ3n) is 3.97. The van der Waals surface area contributed by atoms with Gasteiger partial charge in [0.2, 0.25) is 10.0 Å². The van der Waals surface area contributed by atoms with Crippen LogP contribution >= 0.6 is 0 Å². The second-order valence-electron chi connectivity index (χ2n) is 5.08. The highest BCUT2D eigenvalue weighted by Gasteiger charge is 2.32. The largest absolute Gasteiger partial charge is 0.349 e. The Morgan fingerprint density at radius 1 is 1.42 bits per heavy atom. The predicted molar refractivity (Wildman–Crippen MR) is 75.2 cm³/mol. The predicted octanol–water partition coefficient (Wildman–Crippen LogP) is 1.39. The molecule has 0 bridgehead atoms. The molecule has 2 heterocycles. The minimum atomic E-state index is -3.35. The molecule has 19 heavy (non-hydrogen) atoms. The maximum Gasteiger partial charge on any atom is 0.244 e. The summed E-state index contributed by atoms with van der Waals surface area (Å²) < 4.78 is 28.6. The summed E-state index contributed by atoms with van der Waals surface area (Å²) in [5.41, 5.74) is 6.52. The SMILES string of the molecule is CCC1CCN(S(=O)(=O)c2cc(CN)n(CC)c2)C1. The second kappa shape index (κ2) is 5.64. The van der Waals surface area contributed by atoms with Crippen LogP contribution in [0, 0.1) is 5.92 Å². The van der Waals surface area contributed by atoms with Crippen molar-refractivity contribution in [2.75, 3.05) is 13.1 Å². The second-order valence-corrected chi connectivity index (χ2v) is 7.02. The molecule has 1 aromatic rings. The van der Waals surface area contributed by atoms with Gasteiger partial charge in [0.15, 0.2) is 0 Å². The van der Waals surface area contributed by atoms with Crippen LogP contribution in [-0.2, 0) is 23.1 Å². The lowest BCUT2D eigenvalue weighted by atomic mass is 10.1. The van der Waals surface area contributed by atoms with Crippen LogP contribution in [0.1, 0.15) is 32.4 Å². The van der Waals surface area contributed by atoms with E-state index in [1.54, 1.807) is 16.6 Å². The molecule has 6 heteroatoms. The number of nitrogens with two attached hydrogens (primary N) is 1. The first kappa shape index (κ1) is 14.6. The topological polar surface area (TPSA) is 68.3 Å². The van der Waals surface area contributed by atoms with Crippen molar-refractivity contribution >= 4 is 10.0 Å². The molecule has 1 atom stereocenters. The van der Waals surface area contributed by atoms with Crippen LogP contribution in [-0.4, -0.2) is 30.4 Å². The summed E-state index contributed by atoms with van der Waals surface area (Å²) >= 11 is 0. The quantitative estimate of drug-likeness (QED) is 0.889. The number of rotatable bonds is 5. The van der Waals surface area contributed by atoms with Gasteiger partial charge < -0.3 is 10.3 Å². The number of aryl methyl sites for hydroxylation is 1. The van der Waals surface area contributed by atoms with Crippen molar-refractivity contribution in [2.45, 2.75) is 44.7 Å². The molecule has 0 radical (unpaired) electrons. The van der Waals surface area contributed by atoms with E-state index in [0.717, 1.165) is 25.1 Å². The van der Waals surface area contributed by atoms with Crippen molar-refractivity contribution in [1.82, 2.24) is 8.87 Å². The van der Waals surface area contributed by atoms with E-state index in [1.807, 2.05) is 11.5 Å². The van der Waals surface area contributed by atoms with Crippen LogP contribution in [0.15, 0.2) is 17.2 Å². The van der Waals surface area contributed by atoms with Gasteiger partial charge in [-0.05, 0) is 25.3 Å². The monoisotopic (exact) mass is 285 g/mol. The van der Waals surface area contributed by atoms with E-state index < -0.39 is 10.0 Å². The van der Waals surface area contributed by atoms with Crippen LogP contribution in [0.3, 0.4) is 0 Å². The molecule has 5 nitrogen and oxygen atoms in total. The Bertz CT molecular complexity index is 515. The lowest BCUT2D eigenvalue weighted by Gasteiger charge is -2.15. The van der Waals surface area contributed by atoms with E-state index in [-0.39, 0.29) is 0 Å². The Balaban J connectivity index is 2.27. The van der Waals surface area contributed by atoms with Crippen LogP contribution in [0.5, 0.6) is 0 Å². The molecule has 0 aliphatic carbocycles. The lowest BCUT2D eigenvalue weighted by molar-refractivity contribution is 0.453. The smallest absolute Gasteiger partial charge is 0.244 e. The van der Waals surface area contributed by atoms with Gasteiger partial charge in [0.05, 0.1) is 0 Å². The van der Waals surface area contributed by atoms with Crippen molar-refractivity contribution < 1.29 is 8.42 Å². The summed E-state index contributed by atoms with van der Waals surface area (Å²) in [6.07, 6.45) is 3.71. The molecule has 1 saturated heterocycles. The molecule has 1 aromatic heterocycles. The molecule has 2 N–H and O–H groups in total. The zero-order valence-corrected chi connectivity index (χ0v) is 12.5. The fraction of sp³-hybridized carbons (Fsp3) is 0.692. The Kier molecular flexibility index (Phi) is 4.32. The number of hydrogen-bond acceptors (Lipinski definition) is 3. The zero-order valence-electron chi connectivity index (χ0n) is 11.7. The van der Waals surface area contributed by atoms with Gasteiger partial charge in [-0.25, -0.2) is 8.42 Å². The zero-order chi connectivity index (χ0) is 14.0. The van der Waals surface area contributed by atoms with Gasteiger partial charge in [0.1, 0.15) is 4.90 Å². The molecule has 1 unspecified atom stereocenters. The van der Waals surface area contributed by atoms with E-state index in [2.05, 4.69) is 6.92 Å². The van der Waals surface area contributed by atoms with Gasteiger partial charge in [-0.3, -0.25) is 0 Å². The first-order valence-corrected chi connectivity index (χ1v) is 8.36. The van der Waals surface area contributed by atoms with Crippen molar-refractivity contribution in [3.05, 3.63) is 18.0 Å². The molecule has 1 aliphatic heterocycles. The molecule has 108 valence electrons. The molecular formula is C13H23N3O2S. The standard InChI is InChI=1S/C13H23N3O2S/c1-3-11-5-6-16(9-11)19(17,18)13-7-12(8-14)15(4-2)10-13/h7,10-11H,3-6,8-9,14H2,1-2H3. The molecule has 0 spiro atoms. The molecule has 2 rings (SSSR count). The third-order valence-corrected chi connectivity index (χ3v) is 5.80. The highest BCUT2D eigenvalue weighted by atomic mass is 32.2. The van der Waals surface area contributed by atoms with E-state index in [9.17, 15) is 8.42 Å². The summed E-state index contributed by atoms with van der Waals surface area (Å²) in [7, 11) is -3.35. The van der Waals surface area contributed by atoms with E-state index in [1.165, 1.54) is 0 Å². The Morgan fingerprint density at radius 2 is 2.16 bits per heavy atom. The minimum Gasteiger partial charge on any atom is -0.349 e. The summed E-state index contributed by atoms with van der Waals surface area (Å²) in [4.78, 5) is 0.381. The van der Waals surface area contributed by atoms with Gasteiger partial charge in [-0.2, -0.15) is 4.31 Å². The van der Waals surface area contributed by atoms with Gasteiger partial charge in [0, 0.05) is 38.1 Å². The average Bonchev–Trinajstić information content (AvgIpc) is 3.05. The molecule has 0 saturated carbocycles. The van der Waals surface area contributed by atoms with Gasteiger partial charge in [0.25, 0.3) is 0 Å². The fourth-order valence-corrected chi connectivity index (χ4v) is 4.23. The van der Waals surface area contributed by atoms with Gasteiger partial charge >= 0.3 is 0 Å². The summed E-state index contributed by atoms with van der Waals surface area (Å²) in [6.45, 7) is 6.48. The van der Waals surface area contributed by atoms with E-state index in [0.29, 0.717) is 30.4 Å². The van der Waals surface area contributed by atoms with Crippen LogP contribution < -0.4 is 5.73 Å². The third kappa shape index (κ3) is 2.70. The number of aromatic nitrogens is 1. The van der Waals surface area contributed by atoms with Crippen molar-refractivity contribution in [2.24, 2.45) is 11.7 Å². The summed E-state index contributed by atoms with van der Waals surface area (Å²) in [6, 6.07) is 1.71. The number of nitrogens with zero attached hydrogens (tertiary/aromatic N) is 2. The molecule has 0 aromatic carbocycles. The van der Waals surface area contributed by atoms with E-state index in [4.69, 9.17) is 5.73 Å². The first-order chi connectivity index (χ1) is 9.02. The van der Waals surface area contributed by atoms with Crippen LogP contribution in [0.4, 0.5) is 0 Å². The van der Waals surface area contributed by atoms with Crippen molar-refractivity contribution in [3.8, 4) is 0 Å². The first-order valence-electron chi connectivity index (χ1n) is 6.92. The maximum absolute atomic E-state index is 12.6. The Hall–Kier alpha value is -0.850. The molecule has 1 fully saturated rings. The van der Waals surface area contributed by atoms with Crippen LogP contribution in [0.25, 0.3) is 0 Å². The fourth-order valence-electron chi connectivity index (χ4n) is 2.63. The minimum absolute atomic E-state index is 0.362. The van der Waals surface area contributed by atoms with Gasteiger partial charge in [-0.1, -0.05) is 13.3 Å². The molecule has 1 aliphatic rings. The average molecular weight is 285 g/mol. The van der Waals surface area contributed by atoms with Crippen molar-refractivity contribution in [3.63, 3.8) is 0 Å². The molecular weight excluding hydrogens is 262 g/mol. The van der Waals surface area contributed by atoms with Gasteiger partial charge in [-0.15, -0.1) is 0 Å². The number of sulfonamides is 1. The number of hydrogen-bond donors (Lipinski definition) is 1. The van der Waals surface area contributed by atoms with Crippen molar-refractivity contribution in [1.29, 1.82) is 0 Å².